The summed E-state index contributed by atoms with van der Waals surface area (Å²) in [4.78, 5) is 0. The van der Waals surface area contributed by atoms with E-state index in [2.05, 4.69) is 23.5 Å². The van der Waals surface area contributed by atoms with Crippen LogP contribution in [0.2, 0.25) is 21.3 Å². The molecule has 4 atom stereocenters. The molecule has 0 bridgehead atoms. The van der Waals surface area contributed by atoms with Gasteiger partial charge in [-0.15, -0.1) is 0 Å². The first-order chi connectivity index (χ1) is 8.90. The fourth-order valence-electron chi connectivity index (χ4n) is 2.77. The fraction of sp³-hybridized carbons (Fsp3) is 1.00. The number of rotatable bonds is 8. The van der Waals surface area contributed by atoms with Crippen LogP contribution in [0.15, 0.2) is 0 Å². The van der Waals surface area contributed by atoms with Crippen molar-refractivity contribution in [2.75, 3.05) is 11.5 Å². The van der Waals surface area contributed by atoms with Gasteiger partial charge in [0.1, 0.15) is 0 Å². The Balaban J connectivity index is 1.26. The molecule has 104 valence electrons. The summed E-state index contributed by atoms with van der Waals surface area (Å²) in [6, 6.07) is 0. The van der Waals surface area contributed by atoms with Crippen LogP contribution in [0.25, 0.3) is 0 Å². The van der Waals surface area contributed by atoms with Gasteiger partial charge < -0.3 is 0 Å². The molecule has 4 heteroatoms. The summed E-state index contributed by atoms with van der Waals surface area (Å²) in [5, 5.41) is 8.61. The summed E-state index contributed by atoms with van der Waals surface area (Å²) in [5.41, 5.74) is 0. The maximum atomic E-state index is 2.19. The molecule has 18 heavy (non-hydrogen) atoms. The van der Waals surface area contributed by atoms with E-state index >= 15 is 0 Å². The molecule has 3 rings (SSSR count). The van der Waals surface area contributed by atoms with E-state index in [4.69, 9.17) is 0 Å². The van der Waals surface area contributed by atoms with Crippen molar-refractivity contribution in [3.8, 4) is 0 Å². The van der Waals surface area contributed by atoms with Gasteiger partial charge in [0.2, 0.25) is 0 Å². The van der Waals surface area contributed by atoms with Crippen molar-refractivity contribution >= 4 is 53.4 Å². The molecule has 2 aliphatic heterocycles. The Bertz CT molecular complexity index is 230. The second-order valence-electron chi connectivity index (χ2n) is 5.88. The van der Waals surface area contributed by atoms with Crippen molar-refractivity contribution in [2.24, 2.45) is 11.8 Å². The van der Waals surface area contributed by atoms with Crippen molar-refractivity contribution in [3.05, 3.63) is 0 Å². The van der Waals surface area contributed by atoms with Crippen LogP contribution in [-0.4, -0.2) is 51.9 Å². The standard InChI is InChI=1S/C14H24S2Se2/c1-2-11(7-17-9-13-5-15-13)4-12(3-1)8-18-10-14-6-16-14/h11-14H,1-10H2. The van der Waals surface area contributed by atoms with Crippen LogP contribution in [0, 0.1) is 11.8 Å². The first-order valence-electron chi connectivity index (χ1n) is 7.29. The summed E-state index contributed by atoms with van der Waals surface area (Å²) >= 11 is 6.35. The molecule has 1 saturated carbocycles. The van der Waals surface area contributed by atoms with E-state index in [1.807, 2.05) is 0 Å². The van der Waals surface area contributed by atoms with Crippen LogP contribution in [0.1, 0.15) is 25.7 Å². The predicted octanol–water partition coefficient (Wildman–Crippen LogP) is 4.11. The van der Waals surface area contributed by atoms with Crippen molar-refractivity contribution in [2.45, 2.75) is 57.5 Å². The third-order valence-electron chi connectivity index (χ3n) is 4.01. The van der Waals surface area contributed by atoms with Gasteiger partial charge in [0, 0.05) is 0 Å². The van der Waals surface area contributed by atoms with Gasteiger partial charge >= 0.3 is 134 Å². The molecule has 0 spiro atoms. The van der Waals surface area contributed by atoms with Gasteiger partial charge in [-0.1, -0.05) is 0 Å². The molecular formula is C14H24S2Se2. The van der Waals surface area contributed by atoms with Gasteiger partial charge in [-0.2, -0.15) is 0 Å². The van der Waals surface area contributed by atoms with E-state index in [1.54, 1.807) is 47.0 Å². The molecule has 2 heterocycles. The summed E-state index contributed by atoms with van der Waals surface area (Å²) < 4.78 is 0. The van der Waals surface area contributed by atoms with E-state index < -0.39 is 0 Å². The average molecular weight is 414 g/mol. The molecular weight excluding hydrogens is 390 g/mol. The van der Waals surface area contributed by atoms with Gasteiger partial charge in [0.05, 0.1) is 0 Å². The SMILES string of the molecule is C1CC(C[Se]CC2CS2)CC(C[Se]CC2CS2)C1. The molecule has 0 amide bonds. The molecule has 1 aliphatic carbocycles. The monoisotopic (exact) mass is 416 g/mol. The Morgan fingerprint density at radius 1 is 0.778 bits per heavy atom. The third kappa shape index (κ3) is 5.62. The molecule has 3 aliphatic rings. The molecule has 0 radical (unpaired) electrons. The molecule has 0 aromatic rings. The summed E-state index contributed by atoms with van der Waals surface area (Å²) in [6.07, 6.45) is 6.31. The third-order valence-corrected chi connectivity index (χ3v) is 12.6. The minimum absolute atomic E-state index is 0.983. The van der Waals surface area contributed by atoms with Gasteiger partial charge in [-0.05, 0) is 0 Å². The van der Waals surface area contributed by atoms with Crippen LogP contribution >= 0.6 is 23.5 Å². The van der Waals surface area contributed by atoms with Crippen LogP contribution < -0.4 is 0 Å². The van der Waals surface area contributed by atoms with Gasteiger partial charge in [0.15, 0.2) is 0 Å². The van der Waals surface area contributed by atoms with Crippen molar-refractivity contribution < 1.29 is 0 Å². The van der Waals surface area contributed by atoms with Gasteiger partial charge in [0.25, 0.3) is 0 Å². The summed E-state index contributed by atoms with van der Waals surface area (Å²) in [5.74, 6) is 5.24. The minimum atomic E-state index is 0.983. The van der Waals surface area contributed by atoms with E-state index in [-0.39, 0.29) is 0 Å². The Morgan fingerprint density at radius 3 is 1.72 bits per heavy atom. The van der Waals surface area contributed by atoms with E-state index in [0.29, 0.717) is 0 Å². The zero-order valence-corrected chi connectivity index (χ0v) is 16.1. The first kappa shape index (κ1) is 14.7. The van der Waals surface area contributed by atoms with E-state index in [1.165, 1.54) is 11.5 Å². The molecule has 3 fully saturated rings. The fourth-order valence-corrected chi connectivity index (χ4v) is 11.2. The van der Waals surface area contributed by atoms with E-state index in [9.17, 15) is 0 Å². The summed E-state index contributed by atoms with van der Waals surface area (Å²) in [7, 11) is 0. The maximum absolute atomic E-state index is 2.19. The normalized spacial score (nSPS) is 38.7. The Kier molecular flexibility index (Phi) is 6.24. The molecule has 0 aromatic heterocycles. The second kappa shape index (κ2) is 7.66. The molecule has 0 N–H and O–H groups in total. The zero-order valence-electron chi connectivity index (χ0n) is 11.0. The summed E-state index contributed by atoms with van der Waals surface area (Å²) in [6.45, 7) is 0. The predicted molar refractivity (Wildman–Crippen MR) is 88.7 cm³/mol. The van der Waals surface area contributed by atoms with Gasteiger partial charge in [-0.3, -0.25) is 0 Å². The Morgan fingerprint density at radius 2 is 1.28 bits per heavy atom. The van der Waals surface area contributed by atoms with Crippen molar-refractivity contribution in [3.63, 3.8) is 0 Å². The Hall–Kier alpha value is 1.74. The van der Waals surface area contributed by atoms with Crippen LogP contribution in [-0.2, 0) is 0 Å². The van der Waals surface area contributed by atoms with Crippen molar-refractivity contribution in [1.29, 1.82) is 0 Å². The van der Waals surface area contributed by atoms with Crippen LogP contribution in [0.4, 0.5) is 0 Å². The number of hydrogen-bond donors (Lipinski definition) is 0. The molecule has 4 unspecified atom stereocenters. The van der Waals surface area contributed by atoms with Gasteiger partial charge in [-0.25, -0.2) is 0 Å². The molecule has 2 saturated heterocycles. The average Bonchev–Trinajstić information content (AvgIpc) is 3.25. The van der Waals surface area contributed by atoms with Crippen LogP contribution in [0.3, 0.4) is 0 Å². The molecule has 0 nitrogen and oxygen atoms in total. The topological polar surface area (TPSA) is 0 Å². The van der Waals surface area contributed by atoms with Crippen molar-refractivity contribution in [1.82, 2.24) is 0 Å². The first-order valence-corrected chi connectivity index (χ1v) is 14.2. The molecule has 0 aromatic carbocycles. The zero-order chi connectivity index (χ0) is 12.2. The number of hydrogen-bond acceptors (Lipinski definition) is 2. The second-order valence-corrected chi connectivity index (χ2v) is 13.1. The Labute approximate surface area is 133 Å². The number of thioether (sulfide) groups is 2. The quantitative estimate of drug-likeness (QED) is 0.433. The van der Waals surface area contributed by atoms with Crippen LogP contribution in [0.5, 0.6) is 0 Å². The van der Waals surface area contributed by atoms with E-state index in [0.717, 1.165) is 52.2 Å².